The van der Waals surface area contributed by atoms with E-state index in [0.29, 0.717) is 23.1 Å². The van der Waals surface area contributed by atoms with Gasteiger partial charge in [-0.15, -0.1) is 0 Å². The molecule has 0 atom stereocenters. The topological polar surface area (TPSA) is 35.2 Å². The Kier molecular flexibility index (Phi) is 3.27. The van der Waals surface area contributed by atoms with Crippen molar-refractivity contribution in [2.75, 3.05) is 12.3 Å². The molecular formula is C11H16ClNO. The minimum Gasteiger partial charge on any atom is -0.491 e. The first-order valence-electron chi connectivity index (χ1n) is 4.56. The minimum absolute atomic E-state index is 0.120. The van der Waals surface area contributed by atoms with E-state index in [1.54, 1.807) is 18.2 Å². The lowest BCUT2D eigenvalue weighted by Crippen LogP contribution is -2.17. The quantitative estimate of drug-likeness (QED) is 0.765. The van der Waals surface area contributed by atoms with Crippen molar-refractivity contribution in [2.24, 2.45) is 5.41 Å². The highest BCUT2D eigenvalue weighted by Crippen LogP contribution is 2.27. The lowest BCUT2D eigenvalue weighted by atomic mass is 9.99. The third-order valence-corrected chi connectivity index (χ3v) is 1.87. The molecule has 0 saturated heterocycles. The Morgan fingerprint density at radius 3 is 2.57 bits per heavy atom. The third-order valence-electron chi connectivity index (χ3n) is 1.64. The molecule has 3 heteroatoms. The van der Waals surface area contributed by atoms with E-state index in [0.717, 1.165) is 0 Å². The Bertz CT molecular complexity index is 318. The number of anilines is 1. The zero-order valence-corrected chi connectivity index (χ0v) is 9.56. The molecule has 0 fully saturated rings. The number of nitrogens with two attached hydrogens (primary N) is 1. The molecule has 1 aromatic rings. The second kappa shape index (κ2) is 4.09. The fourth-order valence-corrected chi connectivity index (χ4v) is 1.09. The van der Waals surface area contributed by atoms with Crippen LogP contribution in [0.5, 0.6) is 5.75 Å². The highest BCUT2D eigenvalue weighted by molar-refractivity contribution is 6.30. The van der Waals surface area contributed by atoms with Crippen molar-refractivity contribution >= 4 is 17.3 Å². The number of rotatable bonds is 2. The maximum atomic E-state index is 5.83. The molecule has 2 N–H and O–H groups in total. The van der Waals surface area contributed by atoms with Gasteiger partial charge < -0.3 is 10.5 Å². The molecular weight excluding hydrogens is 198 g/mol. The summed E-state index contributed by atoms with van der Waals surface area (Å²) in [6, 6.07) is 5.24. The van der Waals surface area contributed by atoms with Gasteiger partial charge in [-0.05, 0) is 17.5 Å². The molecule has 0 bridgehead atoms. The highest BCUT2D eigenvalue weighted by atomic mass is 35.5. The SMILES string of the molecule is CC(C)(C)COc1cc(Cl)ccc1N. The van der Waals surface area contributed by atoms with Crippen LogP contribution in [0.1, 0.15) is 20.8 Å². The zero-order chi connectivity index (χ0) is 10.8. The van der Waals surface area contributed by atoms with Gasteiger partial charge in [-0.3, -0.25) is 0 Å². The highest BCUT2D eigenvalue weighted by Gasteiger charge is 2.12. The van der Waals surface area contributed by atoms with Gasteiger partial charge >= 0.3 is 0 Å². The molecule has 0 saturated carbocycles. The first kappa shape index (κ1) is 11.2. The lowest BCUT2D eigenvalue weighted by molar-refractivity contribution is 0.199. The average Bonchev–Trinajstić information content (AvgIpc) is 2.05. The minimum atomic E-state index is 0.120. The van der Waals surface area contributed by atoms with Gasteiger partial charge in [-0.25, -0.2) is 0 Å². The predicted molar refractivity (Wildman–Crippen MR) is 60.8 cm³/mol. The summed E-state index contributed by atoms with van der Waals surface area (Å²) >= 11 is 5.83. The van der Waals surface area contributed by atoms with Gasteiger partial charge in [0.2, 0.25) is 0 Å². The van der Waals surface area contributed by atoms with Crippen LogP contribution in [0.2, 0.25) is 5.02 Å². The maximum absolute atomic E-state index is 5.83. The summed E-state index contributed by atoms with van der Waals surface area (Å²) in [4.78, 5) is 0. The van der Waals surface area contributed by atoms with Crippen molar-refractivity contribution in [1.82, 2.24) is 0 Å². The molecule has 0 aliphatic rings. The first-order chi connectivity index (χ1) is 6.38. The zero-order valence-electron chi connectivity index (χ0n) is 8.80. The van der Waals surface area contributed by atoms with Crippen molar-refractivity contribution in [2.45, 2.75) is 20.8 Å². The number of benzene rings is 1. The van der Waals surface area contributed by atoms with Gasteiger partial charge in [0.15, 0.2) is 0 Å². The molecule has 0 heterocycles. The van der Waals surface area contributed by atoms with E-state index in [-0.39, 0.29) is 5.41 Å². The smallest absolute Gasteiger partial charge is 0.143 e. The Morgan fingerprint density at radius 1 is 1.36 bits per heavy atom. The molecule has 0 amide bonds. The molecule has 1 aromatic carbocycles. The van der Waals surface area contributed by atoms with Crippen molar-refractivity contribution in [1.29, 1.82) is 0 Å². The van der Waals surface area contributed by atoms with Gasteiger partial charge in [-0.2, -0.15) is 0 Å². The number of halogens is 1. The summed E-state index contributed by atoms with van der Waals surface area (Å²) in [6.07, 6.45) is 0. The largest absolute Gasteiger partial charge is 0.491 e. The van der Waals surface area contributed by atoms with E-state index in [1.165, 1.54) is 0 Å². The molecule has 2 nitrogen and oxygen atoms in total. The number of ether oxygens (including phenoxy) is 1. The summed E-state index contributed by atoms with van der Waals surface area (Å²) in [7, 11) is 0. The normalized spacial score (nSPS) is 11.4. The van der Waals surface area contributed by atoms with Crippen LogP contribution < -0.4 is 10.5 Å². The van der Waals surface area contributed by atoms with Crippen LogP contribution in [-0.2, 0) is 0 Å². The van der Waals surface area contributed by atoms with Crippen molar-refractivity contribution in [3.05, 3.63) is 23.2 Å². The Hall–Kier alpha value is -0.890. The number of nitrogen functional groups attached to an aromatic ring is 1. The van der Waals surface area contributed by atoms with E-state index in [9.17, 15) is 0 Å². The van der Waals surface area contributed by atoms with E-state index in [2.05, 4.69) is 20.8 Å². The second-order valence-electron chi connectivity index (χ2n) is 4.53. The Morgan fingerprint density at radius 2 is 2.00 bits per heavy atom. The summed E-state index contributed by atoms with van der Waals surface area (Å²) in [5.41, 5.74) is 6.48. The van der Waals surface area contributed by atoms with Crippen LogP contribution in [0, 0.1) is 5.41 Å². The first-order valence-corrected chi connectivity index (χ1v) is 4.94. The molecule has 0 unspecified atom stereocenters. The fraction of sp³-hybridized carbons (Fsp3) is 0.455. The number of hydrogen-bond acceptors (Lipinski definition) is 2. The van der Waals surface area contributed by atoms with Crippen LogP contribution in [0.15, 0.2) is 18.2 Å². The van der Waals surface area contributed by atoms with Crippen LogP contribution in [0.3, 0.4) is 0 Å². The molecule has 0 aliphatic heterocycles. The summed E-state index contributed by atoms with van der Waals surface area (Å²) in [5, 5.41) is 0.642. The molecule has 1 rings (SSSR count). The van der Waals surface area contributed by atoms with Crippen LogP contribution >= 0.6 is 11.6 Å². The van der Waals surface area contributed by atoms with Crippen molar-refractivity contribution in [3.63, 3.8) is 0 Å². The lowest BCUT2D eigenvalue weighted by Gasteiger charge is -2.19. The van der Waals surface area contributed by atoms with Crippen molar-refractivity contribution < 1.29 is 4.74 Å². The summed E-state index contributed by atoms with van der Waals surface area (Å²) in [5.74, 6) is 0.660. The molecule has 0 radical (unpaired) electrons. The molecule has 78 valence electrons. The van der Waals surface area contributed by atoms with Crippen LogP contribution in [0.4, 0.5) is 5.69 Å². The van der Waals surface area contributed by atoms with E-state index < -0.39 is 0 Å². The molecule has 14 heavy (non-hydrogen) atoms. The van der Waals surface area contributed by atoms with Crippen LogP contribution in [-0.4, -0.2) is 6.61 Å². The summed E-state index contributed by atoms with van der Waals surface area (Å²) in [6.45, 7) is 6.94. The van der Waals surface area contributed by atoms with E-state index in [1.807, 2.05) is 0 Å². The van der Waals surface area contributed by atoms with Crippen LogP contribution in [0.25, 0.3) is 0 Å². The third kappa shape index (κ3) is 3.46. The number of hydrogen-bond donors (Lipinski definition) is 1. The van der Waals surface area contributed by atoms with Gasteiger partial charge in [0.05, 0.1) is 12.3 Å². The predicted octanol–water partition coefficient (Wildman–Crippen LogP) is 3.35. The second-order valence-corrected chi connectivity index (χ2v) is 4.97. The van der Waals surface area contributed by atoms with Crippen molar-refractivity contribution in [3.8, 4) is 5.75 Å². The fourth-order valence-electron chi connectivity index (χ4n) is 0.927. The Labute approximate surface area is 90.0 Å². The average molecular weight is 214 g/mol. The summed E-state index contributed by atoms with van der Waals surface area (Å²) < 4.78 is 5.57. The molecule has 0 spiro atoms. The van der Waals surface area contributed by atoms with Gasteiger partial charge in [0, 0.05) is 11.1 Å². The molecule has 0 aromatic heterocycles. The van der Waals surface area contributed by atoms with E-state index >= 15 is 0 Å². The van der Waals surface area contributed by atoms with Gasteiger partial charge in [-0.1, -0.05) is 32.4 Å². The molecule has 0 aliphatic carbocycles. The van der Waals surface area contributed by atoms with Gasteiger partial charge in [0.25, 0.3) is 0 Å². The monoisotopic (exact) mass is 213 g/mol. The van der Waals surface area contributed by atoms with E-state index in [4.69, 9.17) is 22.1 Å². The maximum Gasteiger partial charge on any atom is 0.143 e. The van der Waals surface area contributed by atoms with Gasteiger partial charge in [0.1, 0.15) is 5.75 Å². The standard InChI is InChI=1S/C11H16ClNO/c1-11(2,3)7-14-10-6-8(12)4-5-9(10)13/h4-6H,7,13H2,1-3H3. The Balaban J connectivity index is 2.72.